The number of aromatic nitrogens is 1. The number of pyridine rings is 1. The summed E-state index contributed by atoms with van der Waals surface area (Å²) in [5.74, 6) is 2.47. The fourth-order valence-corrected chi connectivity index (χ4v) is 4.10. The molecule has 3 unspecified atom stereocenters. The maximum atomic E-state index is 4.52. The average molecular weight is 274 g/mol. The Bertz CT molecular complexity index is 411. The number of rotatable bonds is 4. The monoisotopic (exact) mass is 274 g/mol. The van der Waals surface area contributed by atoms with Gasteiger partial charge in [0.25, 0.3) is 0 Å². The van der Waals surface area contributed by atoms with Crippen LogP contribution in [0.2, 0.25) is 0 Å². The number of nitrogens with zero attached hydrogens (tertiary/aromatic N) is 1. The molecule has 0 spiro atoms. The molecule has 2 rings (SSSR count). The van der Waals surface area contributed by atoms with E-state index in [4.69, 9.17) is 0 Å². The van der Waals surface area contributed by atoms with Crippen molar-refractivity contribution in [2.45, 2.75) is 59.9 Å². The molecule has 112 valence electrons. The lowest BCUT2D eigenvalue weighted by Crippen LogP contribution is -2.33. The van der Waals surface area contributed by atoms with E-state index in [1.54, 1.807) is 0 Å². The Labute approximate surface area is 124 Å². The molecule has 1 aromatic heterocycles. The van der Waals surface area contributed by atoms with Crippen LogP contribution >= 0.6 is 0 Å². The van der Waals surface area contributed by atoms with E-state index in [-0.39, 0.29) is 0 Å². The molecule has 0 saturated heterocycles. The molecule has 2 heteroatoms. The van der Waals surface area contributed by atoms with Crippen molar-refractivity contribution in [2.24, 2.45) is 17.8 Å². The predicted molar refractivity (Wildman–Crippen MR) is 85.8 cm³/mol. The van der Waals surface area contributed by atoms with Crippen molar-refractivity contribution in [3.05, 3.63) is 29.1 Å². The molecule has 1 aliphatic carbocycles. The van der Waals surface area contributed by atoms with Gasteiger partial charge in [-0.1, -0.05) is 20.8 Å². The first kappa shape index (κ1) is 15.5. The van der Waals surface area contributed by atoms with Crippen molar-refractivity contribution < 1.29 is 0 Å². The van der Waals surface area contributed by atoms with Crippen LogP contribution in [0.25, 0.3) is 0 Å². The predicted octanol–water partition coefficient (Wildman–Crippen LogP) is 4.42. The van der Waals surface area contributed by atoms with Crippen LogP contribution in [0, 0.1) is 31.6 Å². The zero-order valence-electron chi connectivity index (χ0n) is 13.7. The molecule has 1 saturated carbocycles. The molecule has 1 fully saturated rings. The minimum Gasteiger partial charge on any atom is -0.310 e. The molecule has 0 aromatic carbocycles. The van der Waals surface area contributed by atoms with Crippen LogP contribution in [0.1, 0.15) is 63.0 Å². The molecular formula is C18H30N2. The van der Waals surface area contributed by atoms with Gasteiger partial charge in [0.2, 0.25) is 0 Å². The van der Waals surface area contributed by atoms with Crippen molar-refractivity contribution in [1.29, 1.82) is 0 Å². The van der Waals surface area contributed by atoms with Crippen LogP contribution < -0.4 is 5.32 Å². The van der Waals surface area contributed by atoms with Crippen LogP contribution in [-0.2, 0) is 0 Å². The lowest BCUT2D eigenvalue weighted by molar-refractivity contribution is 0.177. The molecule has 2 nitrogen and oxygen atoms in total. The van der Waals surface area contributed by atoms with Gasteiger partial charge in [-0.2, -0.15) is 0 Å². The number of aryl methyl sites for hydroxylation is 2. The fraction of sp³-hybridized carbons (Fsp3) is 0.722. The molecule has 20 heavy (non-hydrogen) atoms. The van der Waals surface area contributed by atoms with Gasteiger partial charge in [-0.05, 0) is 75.1 Å². The second-order valence-corrected chi connectivity index (χ2v) is 6.90. The second kappa shape index (κ2) is 6.71. The molecule has 1 aromatic rings. The van der Waals surface area contributed by atoms with Crippen molar-refractivity contribution in [2.75, 3.05) is 6.54 Å². The van der Waals surface area contributed by atoms with Crippen LogP contribution in [0.4, 0.5) is 0 Å². The molecule has 3 atom stereocenters. The Kier molecular flexibility index (Phi) is 5.20. The van der Waals surface area contributed by atoms with Crippen molar-refractivity contribution in [3.63, 3.8) is 0 Å². The highest BCUT2D eigenvalue weighted by molar-refractivity contribution is 5.24. The third-order valence-electron chi connectivity index (χ3n) is 4.57. The standard InChI is InChI=1S/C18H30N2/c1-6-19-18(16-8-12(2)7-13(3)9-16)17-10-14(4)20-15(5)11-17/h10-13,16,18-19H,6-9H2,1-5H3. The van der Waals surface area contributed by atoms with Gasteiger partial charge < -0.3 is 5.32 Å². The smallest absolute Gasteiger partial charge is 0.0379 e. The van der Waals surface area contributed by atoms with Crippen molar-refractivity contribution in [1.82, 2.24) is 10.3 Å². The van der Waals surface area contributed by atoms with E-state index >= 15 is 0 Å². The maximum absolute atomic E-state index is 4.52. The minimum absolute atomic E-state index is 0.491. The number of hydrogen-bond acceptors (Lipinski definition) is 2. The third-order valence-corrected chi connectivity index (χ3v) is 4.57. The Balaban J connectivity index is 2.25. The van der Waals surface area contributed by atoms with Gasteiger partial charge in [-0.3, -0.25) is 4.98 Å². The topological polar surface area (TPSA) is 24.9 Å². The molecule has 1 aliphatic rings. The molecular weight excluding hydrogens is 244 g/mol. The summed E-state index contributed by atoms with van der Waals surface area (Å²) >= 11 is 0. The lowest BCUT2D eigenvalue weighted by atomic mass is 9.72. The zero-order chi connectivity index (χ0) is 14.7. The summed E-state index contributed by atoms with van der Waals surface area (Å²) in [5.41, 5.74) is 3.71. The highest BCUT2D eigenvalue weighted by Crippen LogP contribution is 2.39. The first-order valence-electron chi connectivity index (χ1n) is 8.18. The molecule has 0 bridgehead atoms. The average Bonchev–Trinajstić information content (AvgIpc) is 2.33. The maximum Gasteiger partial charge on any atom is 0.0379 e. The highest BCUT2D eigenvalue weighted by atomic mass is 14.9. The molecule has 0 radical (unpaired) electrons. The van der Waals surface area contributed by atoms with E-state index in [0.29, 0.717) is 6.04 Å². The van der Waals surface area contributed by atoms with Gasteiger partial charge in [0.15, 0.2) is 0 Å². The summed E-state index contributed by atoms with van der Waals surface area (Å²) < 4.78 is 0. The van der Waals surface area contributed by atoms with Crippen LogP contribution in [0.5, 0.6) is 0 Å². The SMILES string of the molecule is CCNC(c1cc(C)nc(C)c1)C1CC(C)CC(C)C1. The summed E-state index contributed by atoms with van der Waals surface area (Å²) in [4.78, 5) is 4.52. The Hall–Kier alpha value is -0.890. The summed E-state index contributed by atoms with van der Waals surface area (Å²) in [7, 11) is 0. The third kappa shape index (κ3) is 3.82. The van der Waals surface area contributed by atoms with Crippen LogP contribution in [-0.4, -0.2) is 11.5 Å². The fourth-order valence-electron chi connectivity index (χ4n) is 4.10. The minimum atomic E-state index is 0.491. The van der Waals surface area contributed by atoms with Gasteiger partial charge >= 0.3 is 0 Å². The van der Waals surface area contributed by atoms with Gasteiger partial charge in [0.05, 0.1) is 0 Å². The summed E-state index contributed by atoms with van der Waals surface area (Å²) in [6, 6.07) is 5.03. The van der Waals surface area contributed by atoms with Gasteiger partial charge in [0, 0.05) is 17.4 Å². The normalized spacial score (nSPS) is 28.4. The molecule has 0 aliphatic heterocycles. The summed E-state index contributed by atoms with van der Waals surface area (Å²) in [6.45, 7) is 12.3. The largest absolute Gasteiger partial charge is 0.310 e. The van der Waals surface area contributed by atoms with E-state index < -0.39 is 0 Å². The molecule has 0 amide bonds. The quantitative estimate of drug-likeness (QED) is 0.879. The summed E-state index contributed by atoms with van der Waals surface area (Å²) in [6.07, 6.45) is 4.09. The highest BCUT2D eigenvalue weighted by Gasteiger charge is 2.30. The zero-order valence-corrected chi connectivity index (χ0v) is 13.7. The Morgan fingerprint density at radius 2 is 1.65 bits per heavy atom. The lowest BCUT2D eigenvalue weighted by Gasteiger charge is -2.37. The number of hydrogen-bond donors (Lipinski definition) is 1. The molecule has 1 N–H and O–H groups in total. The Morgan fingerprint density at radius 1 is 1.10 bits per heavy atom. The van der Waals surface area contributed by atoms with E-state index in [1.165, 1.54) is 24.8 Å². The van der Waals surface area contributed by atoms with Gasteiger partial charge in [-0.25, -0.2) is 0 Å². The van der Waals surface area contributed by atoms with E-state index in [1.807, 2.05) is 0 Å². The molecule has 1 heterocycles. The summed E-state index contributed by atoms with van der Waals surface area (Å²) in [5, 5.41) is 3.74. The van der Waals surface area contributed by atoms with Gasteiger partial charge in [0.1, 0.15) is 0 Å². The van der Waals surface area contributed by atoms with Crippen LogP contribution in [0.3, 0.4) is 0 Å². The first-order chi connectivity index (χ1) is 9.49. The van der Waals surface area contributed by atoms with Crippen molar-refractivity contribution in [3.8, 4) is 0 Å². The van der Waals surface area contributed by atoms with E-state index in [9.17, 15) is 0 Å². The van der Waals surface area contributed by atoms with Crippen molar-refractivity contribution >= 4 is 0 Å². The van der Waals surface area contributed by atoms with E-state index in [0.717, 1.165) is 35.7 Å². The second-order valence-electron chi connectivity index (χ2n) is 6.90. The first-order valence-corrected chi connectivity index (χ1v) is 8.18. The van der Waals surface area contributed by atoms with Gasteiger partial charge in [-0.15, -0.1) is 0 Å². The Morgan fingerprint density at radius 3 is 2.15 bits per heavy atom. The van der Waals surface area contributed by atoms with E-state index in [2.05, 4.69) is 57.1 Å². The number of nitrogens with one attached hydrogen (secondary N) is 1. The van der Waals surface area contributed by atoms with Crippen LogP contribution in [0.15, 0.2) is 12.1 Å².